The van der Waals surface area contributed by atoms with Gasteiger partial charge in [0.05, 0.1) is 12.6 Å². The predicted octanol–water partition coefficient (Wildman–Crippen LogP) is 2.47. The first-order valence-electron chi connectivity index (χ1n) is 7.08. The van der Waals surface area contributed by atoms with Gasteiger partial charge in [0.15, 0.2) is 5.82 Å². The van der Waals surface area contributed by atoms with Crippen molar-refractivity contribution in [1.29, 1.82) is 0 Å². The number of fused-ring (bicyclic) bond motifs is 1. The van der Waals surface area contributed by atoms with Gasteiger partial charge in [0.1, 0.15) is 0 Å². The zero-order valence-electron chi connectivity index (χ0n) is 12.6. The van der Waals surface area contributed by atoms with Crippen molar-refractivity contribution in [2.24, 2.45) is 0 Å². The van der Waals surface area contributed by atoms with Gasteiger partial charge in [-0.05, 0) is 30.5 Å². The minimum atomic E-state index is 0.277. The number of aromatic nitrogens is 3. The fourth-order valence-electron chi connectivity index (χ4n) is 2.38. The number of rotatable bonds is 4. The van der Waals surface area contributed by atoms with Crippen molar-refractivity contribution in [3.63, 3.8) is 0 Å². The molecule has 0 radical (unpaired) electrons. The molecule has 2 aromatic rings. The Morgan fingerprint density at radius 3 is 2.95 bits per heavy atom. The number of thioether (sulfide) groups is 1. The third kappa shape index (κ3) is 2.91. The van der Waals surface area contributed by atoms with E-state index in [0.29, 0.717) is 6.61 Å². The summed E-state index contributed by atoms with van der Waals surface area (Å²) >= 11 is 1.74. The van der Waals surface area contributed by atoms with E-state index in [4.69, 9.17) is 4.74 Å². The molecule has 0 saturated carbocycles. The van der Waals surface area contributed by atoms with Gasteiger partial charge in [0.25, 0.3) is 0 Å². The largest absolute Gasteiger partial charge is 0.384 e. The van der Waals surface area contributed by atoms with Crippen LogP contribution >= 0.6 is 11.8 Å². The number of hydrogen-bond donors (Lipinski definition) is 1. The zero-order valence-corrected chi connectivity index (χ0v) is 13.4. The van der Waals surface area contributed by atoms with Crippen molar-refractivity contribution < 1.29 is 4.74 Å². The Morgan fingerprint density at radius 2 is 2.19 bits per heavy atom. The van der Waals surface area contributed by atoms with Crippen LogP contribution in [-0.2, 0) is 11.2 Å². The first kappa shape index (κ1) is 14.4. The van der Waals surface area contributed by atoms with Crippen LogP contribution in [0.15, 0.2) is 23.4 Å². The van der Waals surface area contributed by atoms with Crippen molar-refractivity contribution in [3.8, 4) is 0 Å². The molecule has 1 N–H and O–H groups in total. The lowest BCUT2D eigenvalue weighted by Crippen LogP contribution is -2.29. The van der Waals surface area contributed by atoms with E-state index in [1.807, 2.05) is 4.68 Å². The van der Waals surface area contributed by atoms with Gasteiger partial charge in [0.2, 0.25) is 5.16 Å². The Hall–Kier alpha value is -1.53. The highest BCUT2D eigenvalue weighted by atomic mass is 32.2. The second kappa shape index (κ2) is 6.07. The molecule has 1 unspecified atom stereocenters. The summed E-state index contributed by atoms with van der Waals surface area (Å²) in [5.41, 5.74) is 7.49. The number of aryl methyl sites for hydroxylation is 2. The fourth-order valence-corrected chi connectivity index (χ4v) is 3.35. The molecule has 0 bridgehead atoms. The summed E-state index contributed by atoms with van der Waals surface area (Å²) in [6.45, 7) is 4.95. The number of ether oxygens (including phenoxy) is 1. The number of benzene rings is 1. The molecule has 1 aromatic heterocycles. The molecule has 1 aromatic carbocycles. The molecule has 1 aliphatic heterocycles. The van der Waals surface area contributed by atoms with Crippen LogP contribution in [0.5, 0.6) is 0 Å². The maximum Gasteiger partial charge on any atom is 0.210 e. The van der Waals surface area contributed by atoms with Crippen LogP contribution in [0.3, 0.4) is 0 Å². The highest BCUT2D eigenvalue weighted by Gasteiger charge is 2.24. The van der Waals surface area contributed by atoms with Crippen LogP contribution in [0.4, 0.5) is 0 Å². The maximum atomic E-state index is 5.13. The van der Waals surface area contributed by atoms with Gasteiger partial charge < -0.3 is 10.2 Å². The first-order chi connectivity index (χ1) is 10.2. The number of methoxy groups -OCH3 is 1. The standard InChI is InChI=1S/C15H20N4OS/c1-10-4-5-12(8-11(10)2)13-9-21-15-17-16-14(6-7-20-3)19(15)18-13/h4-5,8,13,18H,6-7,9H2,1-3H3. The molecule has 0 fully saturated rings. The maximum absolute atomic E-state index is 5.13. The minimum absolute atomic E-state index is 0.277. The molecule has 0 saturated heterocycles. The molecule has 3 rings (SSSR count). The summed E-state index contributed by atoms with van der Waals surface area (Å²) in [7, 11) is 1.70. The summed E-state index contributed by atoms with van der Waals surface area (Å²) in [5.74, 6) is 1.89. The van der Waals surface area contributed by atoms with Crippen molar-refractivity contribution in [1.82, 2.24) is 14.9 Å². The fraction of sp³-hybridized carbons (Fsp3) is 0.467. The summed E-state index contributed by atoms with van der Waals surface area (Å²) in [4.78, 5) is 0. The van der Waals surface area contributed by atoms with Gasteiger partial charge in [-0.1, -0.05) is 30.0 Å². The molecule has 6 heteroatoms. The SMILES string of the molecule is COCCc1nnc2n1NC(c1ccc(C)c(C)c1)CS2. The summed E-state index contributed by atoms with van der Waals surface area (Å²) in [6.07, 6.45) is 0.761. The van der Waals surface area contributed by atoms with E-state index in [1.54, 1.807) is 18.9 Å². The van der Waals surface area contributed by atoms with Gasteiger partial charge in [-0.2, -0.15) is 0 Å². The molecule has 0 aliphatic carbocycles. The zero-order chi connectivity index (χ0) is 14.8. The lowest BCUT2D eigenvalue weighted by atomic mass is 10.0. The lowest BCUT2D eigenvalue weighted by Gasteiger charge is -2.27. The minimum Gasteiger partial charge on any atom is -0.384 e. The number of hydrogen-bond acceptors (Lipinski definition) is 5. The third-order valence-corrected chi connectivity index (χ3v) is 4.85. The monoisotopic (exact) mass is 304 g/mol. The molecule has 2 heterocycles. The number of nitrogens with zero attached hydrogens (tertiary/aromatic N) is 3. The summed E-state index contributed by atoms with van der Waals surface area (Å²) in [5, 5.41) is 9.40. The Labute approximate surface area is 129 Å². The van der Waals surface area contributed by atoms with Crippen LogP contribution in [0.2, 0.25) is 0 Å². The van der Waals surface area contributed by atoms with E-state index >= 15 is 0 Å². The highest BCUT2D eigenvalue weighted by Crippen LogP contribution is 2.30. The van der Waals surface area contributed by atoms with Crippen molar-refractivity contribution in [2.45, 2.75) is 31.5 Å². The highest BCUT2D eigenvalue weighted by molar-refractivity contribution is 7.99. The predicted molar refractivity (Wildman–Crippen MR) is 84.3 cm³/mol. The van der Waals surface area contributed by atoms with E-state index in [0.717, 1.165) is 23.2 Å². The lowest BCUT2D eigenvalue weighted by molar-refractivity contribution is 0.199. The Kier molecular flexibility index (Phi) is 4.17. The van der Waals surface area contributed by atoms with Crippen LogP contribution in [0.1, 0.15) is 28.6 Å². The Balaban J connectivity index is 1.82. The summed E-state index contributed by atoms with van der Waals surface area (Å²) < 4.78 is 7.14. The second-order valence-electron chi connectivity index (χ2n) is 5.31. The Morgan fingerprint density at radius 1 is 1.33 bits per heavy atom. The van der Waals surface area contributed by atoms with Crippen LogP contribution in [-0.4, -0.2) is 34.3 Å². The van der Waals surface area contributed by atoms with E-state index < -0.39 is 0 Å². The molecule has 1 atom stereocenters. The Bertz CT molecular complexity index is 641. The first-order valence-corrected chi connectivity index (χ1v) is 8.07. The van der Waals surface area contributed by atoms with Gasteiger partial charge in [-0.3, -0.25) is 0 Å². The van der Waals surface area contributed by atoms with Crippen LogP contribution in [0, 0.1) is 13.8 Å². The van der Waals surface area contributed by atoms with Crippen LogP contribution < -0.4 is 5.43 Å². The molecule has 112 valence electrons. The topological polar surface area (TPSA) is 52.0 Å². The molecule has 0 amide bonds. The molecule has 0 spiro atoms. The van der Waals surface area contributed by atoms with Gasteiger partial charge in [-0.25, -0.2) is 4.68 Å². The van der Waals surface area contributed by atoms with E-state index in [1.165, 1.54) is 16.7 Å². The van der Waals surface area contributed by atoms with E-state index in [2.05, 4.69) is 47.7 Å². The number of nitrogens with one attached hydrogen (secondary N) is 1. The molecular weight excluding hydrogens is 284 g/mol. The quantitative estimate of drug-likeness (QED) is 0.940. The van der Waals surface area contributed by atoms with Crippen molar-refractivity contribution >= 4 is 11.8 Å². The second-order valence-corrected chi connectivity index (χ2v) is 6.30. The van der Waals surface area contributed by atoms with E-state index in [-0.39, 0.29) is 6.04 Å². The molecule has 21 heavy (non-hydrogen) atoms. The normalized spacial score (nSPS) is 17.4. The molecule has 5 nitrogen and oxygen atoms in total. The third-order valence-electron chi connectivity index (χ3n) is 3.83. The average Bonchev–Trinajstić information content (AvgIpc) is 2.90. The smallest absolute Gasteiger partial charge is 0.210 e. The molecule has 1 aliphatic rings. The van der Waals surface area contributed by atoms with Gasteiger partial charge in [0, 0.05) is 19.3 Å². The summed E-state index contributed by atoms with van der Waals surface area (Å²) in [6, 6.07) is 6.92. The van der Waals surface area contributed by atoms with Crippen LogP contribution in [0.25, 0.3) is 0 Å². The van der Waals surface area contributed by atoms with Crippen molar-refractivity contribution in [2.75, 3.05) is 24.9 Å². The van der Waals surface area contributed by atoms with Gasteiger partial charge in [-0.15, -0.1) is 10.2 Å². The average molecular weight is 304 g/mol. The van der Waals surface area contributed by atoms with Crippen molar-refractivity contribution in [3.05, 3.63) is 40.7 Å². The molecular formula is C15H20N4OS. The van der Waals surface area contributed by atoms with E-state index in [9.17, 15) is 0 Å². The van der Waals surface area contributed by atoms with Gasteiger partial charge >= 0.3 is 0 Å².